The fourth-order valence-corrected chi connectivity index (χ4v) is 3.09. The minimum absolute atomic E-state index is 0.136. The summed E-state index contributed by atoms with van der Waals surface area (Å²) in [5.74, 6) is -0.206. The van der Waals surface area contributed by atoms with Crippen LogP contribution in [0.5, 0.6) is 0 Å². The summed E-state index contributed by atoms with van der Waals surface area (Å²) in [5, 5.41) is 12.6. The number of nitrogens with one attached hydrogen (secondary N) is 1. The van der Waals surface area contributed by atoms with Crippen molar-refractivity contribution in [2.75, 3.05) is 19.8 Å². The molecule has 1 aromatic rings. The van der Waals surface area contributed by atoms with Gasteiger partial charge in [-0.3, -0.25) is 0 Å². The minimum atomic E-state index is -0.494. The molecule has 24 heavy (non-hydrogen) atoms. The van der Waals surface area contributed by atoms with Crippen molar-refractivity contribution < 1.29 is 19.0 Å². The van der Waals surface area contributed by atoms with Gasteiger partial charge in [-0.2, -0.15) is 0 Å². The lowest BCUT2D eigenvalue weighted by Crippen LogP contribution is -2.53. The van der Waals surface area contributed by atoms with E-state index in [9.17, 15) is 14.3 Å². The van der Waals surface area contributed by atoms with Gasteiger partial charge in [-0.05, 0) is 50.8 Å². The lowest BCUT2D eigenvalue weighted by atomic mass is 10.0. The van der Waals surface area contributed by atoms with Crippen LogP contribution in [-0.4, -0.2) is 47.9 Å². The Hall–Kier alpha value is -1.66. The Morgan fingerprint density at radius 1 is 1.42 bits per heavy atom. The average molecular weight is 338 g/mol. The first-order valence-electron chi connectivity index (χ1n) is 8.39. The van der Waals surface area contributed by atoms with Gasteiger partial charge in [0.1, 0.15) is 5.82 Å². The number of rotatable bonds is 4. The van der Waals surface area contributed by atoms with Crippen LogP contribution in [0.2, 0.25) is 0 Å². The van der Waals surface area contributed by atoms with E-state index in [0.29, 0.717) is 37.3 Å². The van der Waals surface area contributed by atoms with Crippen LogP contribution >= 0.6 is 0 Å². The van der Waals surface area contributed by atoms with Crippen molar-refractivity contribution in [3.8, 4) is 0 Å². The molecule has 2 amide bonds. The lowest BCUT2D eigenvalue weighted by molar-refractivity contribution is -0.00474. The number of morpholine rings is 1. The van der Waals surface area contributed by atoms with Gasteiger partial charge in [0.15, 0.2) is 0 Å². The Bertz CT molecular complexity index is 569. The van der Waals surface area contributed by atoms with Crippen molar-refractivity contribution in [3.05, 3.63) is 34.6 Å². The highest BCUT2D eigenvalue weighted by Gasteiger charge is 2.29. The molecular formula is C18H27FN2O3. The van der Waals surface area contributed by atoms with E-state index in [1.165, 1.54) is 0 Å². The summed E-state index contributed by atoms with van der Waals surface area (Å²) in [6.07, 6.45) is -0.0110. The zero-order valence-corrected chi connectivity index (χ0v) is 14.8. The molecule has 1 aromatic carbocycles. The number of halogens is 1. The quantitative estimate of drug-likeness (QED) is 0.887. The molecule has 1 saturated heterocycles. The number of ether oxygens (including phenoxy) is 1. The Balaban J connectivity index is 2.07. The fraction of sp³-hybridized carbons (Fsp3) is 0.611. The molecule has 1 aliphatic heterocycles. The van der Waals surface area contributed by atoms with E-state index in [0.717, 1.165) is 5.56 Å². The number of aryl methyl sites for hydroxylation is 2. The first-order chi connectivity index (χ1) is 11.3. The second kappa shape index (κ2) is 7.94. The van der Waals surface area contributed by atoms with Gasteiger partial charge in [0.2, 0.25) is 0 Å². The van der Waals surface area contributed by atoms with Crippen LogP contribution in [0.4, 0.5) is 9.18 Å². The molecule has 134 valence electrons. The molecule has 3 atom stereocenters. The third kappa shape index (κ3) is 4.45. The standard InChI is InChI=1S/C18H27FN2O3/c1-11-7-15(8-12(2)17(11)19)14(4)20-18(23)21-5-6-24-10-16(21)9-13(3)22/h7-8,13-14,16,22H,5-6,9-10H2,1-4H3,(H,20,23). The molecule has 6 heteroatoms. The summed E-state index contributed by atoms with van der Waals surface area (Å²) in [7, 11) is 0. The smallest absolute Gasteiger partial charge is 0.318 e. The highest BCUT2D eigenvalue weighted by Crippen LogP contribution is 2.21. The monoisotopic (exact) mass is 338 g/mol. The van der Waals surface area contributed by atoms with Crippen molar-refractivity contribution in [3.63, 3.8) is 0 Å². The van der Waals surface area contributed by atoms with Crippen LogP contribution in [0.1, 0.15) is 43.0 Å². The van der Waals surface area contributed by atoms with Gasteiger partial charge >= 0.3 is 6.03 Å². The summed E-state index contributed by atoms with van der Waals surface area (Å²) in [6.45, 7) is 8.46. The second-order valence-electron chi connectivity index (χ2n) is 6.65. The van der Waals surface area contributed by atoms with E-state index >= 15 is 0 Å². The maximum Gasteiger partial charge on any atom is 0.318 e. The van der Waals surface area contributed by atoms with Crippen molar-refractivity contribution >= 4 is 6.03 Å². The zero-order chi connectivity index (χ0) is 17.9. The average Bonchev–Trinajstić information content (AvgIpc) is 2.51. The van der Waals surface area contributed by atoms with Crippen molar-refractivity contribution in [1.29, 1.82) is 0 Å². The number of benzene rings is 1. The van der Waals surface area contributed by atoms with Crippen LogP contribution in [0, 0.1) is 19.7 Å². The highest BCUT2D eigenvalue weighted by molar-refractivity contribution is 5.75. The molecule has 3 unspecified atom stereocenters. The molecule has 0 aliphatic carbocycles. The predicted molar refractivity (Wildman–Crippen MR) is 90.4 cm³/mol. The van der Waals surface area contributed by atoms with Crippen LogP contribution in [0.15, 0.2) is 12.1 Å². The van der Waals surface area contributed by atoms with E-state index in [1.54, 1.807) is 37.8 Å². The lowest BCUT2D eigenvalue weighted by Gasteiger charge is -2.37. The number of nitrogens with zero attached hydrogens (tertiary/aromatic N) is 1. The number of hydrogen-bond acceptors (Lipinski definition) is 3. The number of amides is 2. The van der Waals surface area contributed by atoms with E-state index in [1.807, 2.05) is 6.92 Å². The van der Waals surface area contributed by atoms with Gasteiger partial charge in [0, 0.05) is 6.54 Å². The highest BCUT2D eigenvalue weighted by atomic mass is 19.1. The Labute approximate surface area is 142 Å². The third-order valence-electron chi connectivity index (χ3n) is 4.40. The summed E-state index contributed by atoms with van der Waals surface area (Å²) in [4.78, 5) is 14.3. The molecule has 0 aromatic heterocycles. The van der Waals surface area contributed by atoms with Crippen LogP contribution in [0.3, 0.4) is 0 Å². The van der Waals surface area contributed by atoms with Gasteiger partial charge in [0.05, 0.1) is 31.4 Å². The molecule has 5 nitrogen and oxygen atoms in total. The van der Waals surface area contributed by atoms with E-state index in [4.69, 9.17) is 4.74 Å². The van der Waals surface area contributed by atoms with Gasteiger partial charge in [-0.1, -0.05) is 12.1 Å². The molecule has 1 heterocycles. The first-order valence-corrected chi connectivity index (χ1v) is 8.39. The van der Waals surface area contributed by atoms with Crippen LogP contribution < -0.4 is 5.32 Å². The molecule has 0 spiro atoms. The Morgan fingerprint density at radius 2 is 2.04 bits per heavy atom. The minimum Gasteiger partial charge on any atom is -0.393 e. The fourth-order valence-electron chi connectivity index (χ4n) is 3.09. The zero-order valence-electron chi connectivity index (χ0n) is 14.8. The van der Waals surface area contributed by atoms with Crippen LogP contribution in [-0.2, 0) is 4.74 Å². The van der Waals surface area contributed by atoms with Gasteiger partial charge < -0.3 is 20.1 Å². The predicted octanol–water partition coefficient (Wildman–Crippen LogP) is 2.68. The number of carbonyl (C=O) groups is 1. The molecule has 0 saturated carbocycles. The molecular weight excluding hydrogens is 311 g/mol. The van der Waals surface area contributed by atoms with Crippen LogP contribution in [0.25, 0.3) is 0 Å². The first kappa shape index (κ1) is 18.7. The molecule has 2 N–H and O–H groups in total. The molecule has 2 rings (SSSR count). The largest absolute Gasteiger partial charge is 0.393 e. The van der Waals surface area contributed by atoms with E-state index < -0.39 is 6.10 Å². The number of urea groups is 1. The molecule has 1 aliphatic rings. The summed E-state index contributed by atoms with van der Waals surface area (Å²) < 4.78 is 19.2. The maximum absolute atomic E-state index is 13.8. The van der Waals surface area contributed by atoms with Gasteiger partial charge in [0.25, 0.3) is 0 Å². The van der Waals surface area contributed by atoms with Crippen molar-refractivity contribution in [2.24, 2.45) is 0 Å². The second-order valence-corrected chi connectivity index (χ2v) is 6.65. The van der Waals surface area contributed by atoms with E-state index in [-0.39, 0.29) is 23.9 Å². The molecule has 1 fully saturated rings. The topological polar surface area (TPSA) is 61.8 Å². The summed E-state index contributed by atoms with van der Waals surface area (Å²) in [5.41, 5.74) is 2.02. The van der Waals surface area contributed by atoms with Gasteiger partial charge in [-0.15, -0.1) is 0 Å². The number of aliphatic hydroxyl groups excluding tert-OH is 1. The number of carbonyl (C=O) groups excluding carboxylic acids is 1. The Morgan fingerprint density at radius 3 is 2.62 bits per heavy atom. The van der Waals surface area contributed by atoms with Gasteiger partial charge in [-0.25, -0.2) is 9.18 Å². The molecule has 0 bridgehead atoms. The van der Waals surface area contributed by atoms with Crippen molar-refractivity contribution in [1.82, 2.24) is 10.2 Å². The number of hydrogen-bond donors (Lipinski definition) is 2. The normalized spacial score (nSPS) is 20.6. The molecule has 0 radical (unpaired) electrons. The van der Waals surface area contributed by atoms with Crippen molar-refractivity contribution in [2.45, 2.75) is 52.3 Å². The SMILES string of the molecule is Cc1cc(C(C)NC(=O)N2CCOCC2CC(C)O)cc(C)c1F. The maximum atomic E-state index is 13.8. The summed E-state index contributed by atoms with van der Waals surface area (Å²) in [6, 6.07) is 2.98. The number of aliphatic hydroxyl groups is 1. The third-order valence-corrected chi connectivity index (χ3v) is 4.40. The Kier molecular flexibility index (Phi) is 6.18. The van der Waals surface area contributed by atoms with E-state index in [2.05, 4.69) is 5.32 Å². The summed E-state index contributed by atoms with van der Waals surface area (Å²) >= 11 is 0.